The summed E-state index contributed by atoms with van der Waals surface area (Å²) in [6, 6.07) is 17.8. The van der Waals surface area contributed by atoms with Crippen LogP contribution in [0.2, 0.25) is 0 Å². The minimum Gasteiger partial charge on any atom is -0.346 e. The lowest BCUT2D eigenvalue weighted by molar-refractivity contribution is -0.122. The predicted octanol–water partition coefficient (Wildman–Crippen LogP) is 2.38. The Labute approximate surface area is 152 Å². The van der Waals surface area contributed by atoms with Crippen molar-refractivity contribution in [2.75, 3.05) is 19.6 Å². The van der Waals surface area contributed by atoms with E-state index >= 15 is 0 Å². The lowest BCUT2D eigenvalue weighted by Gasteiger charge is -2.25. The molecule has 2 heterocycles. The van der Waals surface area contributed by atoms with Gasteiger partial charge < -0.3 is 10.2 Å². The standard InChI is InChI=1S/C20H23N5O/c26-20(15-25-19-11-5-4-10-17(19)22-23-25)21-18(14-24-12-6-7-13-24)16-8-2-1-3-9-16/h1-5,8-11,18H,6-7,12-15H2,(H,21,26). The van der Waals surface area contributed by atoms with Crippen molar-refractivity contribution in [3.05, 3.63) is 60.2 Å². The number of hydrogen-bond acceptors (Lipinski definition) is 4. The number of carbonyl (C=O) groups excluding carboxylic acids is 1. The molecule has 134 valence electrons. The molecule has 6 heteroatoms. The van der Waals surface area contributed by atoms with Gasteiger partial charge in [0.25, 0.3) is 0 Å². The molecule has 4 rings (SSSR count). The molecule has 1 N–H and O–H groups in total. The molecule has 26 heavy (non-hydrogen) atoms. The highest BCUT2D eigenvalue weighted by Gasteiger charge is 2.21. The number of hydrogen-bond donors (Lipinski definition) is 1. The van der Waals surface area contributed by atoms with E-state index in [0.29, 0.717) is 0 Å². The molecule has 0 bridgehead atoms. The zero-order valence-electron chi connectivity index (χ0n) is 14.7. The number of nitrogens with zero attached hydrogens (tertiary/aromatic N) is 4. The Morgan fingerprint density at radius 1 is 1.04 bits per heavy atom. The first kappa shape index (κ1) is 16.7. The van der Waals surface area contributed by atoms with Crippen molar-refractivity contribution in [3.8, 4) is 0 Å². The zero-order valence-corrected chi connectivity index (χ0v) is 14.7. The topological polar surface area (TPSA) is 63.1 Å². The van der Waals surface area contributed by atoms with Gasteiger partial charge in [0.05, 0.1) is 11.6 Å². The van der Waals surface area contributed by atoms with Crippen LogP contribution in [0.25, 0.3) is 11.0 Å². The van der Waals surface area contributed by atoms with Crippen molar-refractivity contribution in [2.45, 2.75) is 25.4 Å². The maximum Gasteiger partial charge on any atom is 0.242 e. The van der Waals surface area contributed by atoms with Gasteiger partial charge in [-0.2, -0.15) is 0 Å². The van der Waals surface area contributed by atoms with E-state index in [1.807, 2.05) is 42.5 Å². The third kappa shape index (κ3) is 3.75. The van der Waals surface area contributed by atoms with Crippen LogP contribution in [-0.2, 0) is 11.3 Å². The highest BCUT2D eigenvalue weighted by Crippen LogP contribution is 2.18. The summed E-state index contributed by atoms with van der Waals surface area (Å²) in [4.78, 5) is 15.1. The van der Waals surface area contributed by atoms with Crippen LogP contribution in [0.15, 0.2) is 54.6 Å². The number of benzene rings is 2. The average molecular weight is 349 g/mol. The van der Waals surface area contributed by atoms with Crippen LogP contribution in [0, 0.1) is 0 Å². The summed E-state index contributed by atoms with van der Waals surface area (Å²) in [7, 11) is 0. The lowest BCUT2D eigenvalue weighted by Crippen LogP contribution is -2.38. The number of carbonyl (C=O) groups is 1. The van der Waals surface area contributed by atoms with Gasteiger partial charge in [-0.25, -0.2) is 4.68 Å². The summed E-state index contributed by atoms with van der Waals surface area (Å²) in [5.41, 5.74) is 2.81. The van der Waals surface area contributed by atoms with E-state index in [-0.39, 0.29) is 18.5 Å². The zero-order chi connectivity index (χ0) is 17.8. The molecule has 2 aromatic carbocycles. The van der Waals surface area contributed by atoms with Crippen LogP contribution in [0.5, 0.6) is 0 Å². The number of likely N-dealkylation sites (tertiary alicyclic amines) is 1. The van der Waals surface area contributed by atoms with E-state index in [0.717, 1.165) is 36.2 Å². The fourth-order valence-electron chi connectivity index (χ4n) is 3.55. The summed E-state index contributed by atoms with van der Waals surface area (Å²) in [5.74, 6) is -0.0475. The van der Waals surface area contributed by atoms with Crippen molar-refractivity contribution >= 4 is 16.9 Å². The number of amides is 1. The Hall–Kier alpha value is -2.73. The molecule has 1 aromatic heterocycles. The van der Waals surface area contributed by atoms with Crippen LogP contribution >= 0.6 is 0 Å². The van der Waals surface area contributed by atoms with E-state index in [2.05, 4.69) is 32.7 Å². The van der Waals surface area contributed by atoms with E-state index in [1.165, 1.54) is 12.8 Å². The van der Waals surface area contributed by atoms with Crippen LogP contribution < -0.4 is 5.32 Å². The Kier molecular flexibility index (Phi) is 4.93. The Balaban J connectivity index is 1.48. The minimum absolute atomic E-state index is 0.0171. The van der Waals surface area contributed by atoms with Crippen LogP contribution in [0.4, 0.5) is 0 Å². The van der Waals surface area contributed by atoms with E-state index < -0.39 is 0 Å². The summed E-state index contributed by atoms with van der Waals surface area (Å²) >= 11 is 0. The van der Waals surface area contributed by atoms with Crippen LogP contribution in [-0.4, -0.2) is 45.4 Å². The van der Waals surface area contributed by atoms with Gasteiger partial charge in [-0.1, -0.05) is 47.7 Å². The van der Waals surface area contributed by atoms with Gasteiger partial charge in [0.15, 0.2) is 0 Å². The third-order valence-electron chi connectivity index (χ3n) is 4.89. The molecule has 6 nitrogen and oxygen atoms in total. The van der Waals surface area contributed by atoms with Gasteiger partial charge in [-0.15, -0.1) is 5.10 Å². The molecule has 0 spiro atoms. The van der Waals surface area contributed by atoms with Gasteiger partial charge in [0.2, 0.25) is 5.91 Å². The molecule has 0 radical (unpaired) electrons. The second kappa shape index (κ2) is 7.66. The quantitative estimate of drug-likeness (QED) is 0.742. The normalized spacial score (nSPS) is 16.0. The molecular weight excluding hydrogens is 326 g/mol. The van der Waals surface area contributed by atoms with E-state index in [9.17, 15) is 4.79 Å². The Bertz CT molecular complexity index is 870. The van der Waals surface area contributed by atoms with Crippen molar-refractivity contribution in [2.24, 2.45) is 0 Å². The third-order valence-corrected chi connectivity index (χ3v) is 4.89. The molecule has 1 atom stereocenters. The predicted molar refractivity (Wildman–Crippen MR) is 101 cm³/mol. The summed E-state index contributed by atoms with van der Waals surface area (Å²) in [6.45, 7) is 3.22. The van der Waals surface area contributed by atoms with Crippen LogP contribution in [0.3, 0.4) is 0 Å². The summed E-state index contributed by atoms with van der Waals surface area (Å²) < 4.78 is 1.66. The number of para-hydroxylation sites is 1. The molecule has 1 fully saturated rings. The highest BCUT2D eigenvalue weighted by molar-refractivity contribution is 5.80. The first-order chi connectivity index (χ1) is 12.8. The van der Waals surface area contributed by atoms with E-state index in [1.54, 1.807) is 4.68 Å². The van der Waals surface area contributed by atoms with Crippen LogP contribution in [0.1, 0.15) is 24.4 Å². The first-order valence-corrected chi connectivity index (χ1v) is 9.14. The molecule has 1 aliphatic rings. The highest BCUT2D eigenvalue weighted by atomic mass is 16.2. The van der Waals surface area contributed by atoms with Crippen molar-refractivity contribution in [3.63, 3.8) is 0 Å². The molecule has 1 amide bonds. The van der Waals surface area contributed by atoms with Crippen molar-refractivity contribution in [1.29, 1.82) is 0 Å². The van der Waals surface area contributed by atoms with Gasteiger partial charge >= 0.3 is 0 Å². The maximum absolute atomic E-state index is 12.7. The fourth-order valence-corrected chi connectivity index (χ4v) is 3.55. The largest absolute Gasteiger partial charge is 0.346 e. The smallest absolute Gasteiger partial charge is 0.242 e. The average Bonchev–Trinajstić information content (AvgIpc) is 3.32. The van der Waals surface area contributed by atoms with Crippen molar-refractivity contribution < 1.29 is 4.79 Å². The summed E-state index contributed by atoms with van der Waals surface area (Å²) in [5, 5.41) is 11.4. The minimum atomic E-state index is -0.0475. The molecule has 3 aromatic rings. The molecule has 1 saturated heterocycles. The molecule has 1 unspecified atom stereocenters. The number of fused-ring (bicyclic) bond motifs is 1. The second-order valence-electron chi connectivity index (χ2n) is 6.77. The second-order valence-corrected chi connectivity index (χ2v) is 6.77. The maximum atomic E-state index is 12.7. The van der Waals surface area contributed by atoms with Crippen molar-refractivity contribution in [1.82, 2.24) is 25.2 Å². The fraction of sp³-hybridized carbons (Fsp3) is 0.350. The lowest BCUT2D eigenvalue weighted by atomic mass is 10.1. The van der Waals surface area contributed by atoms with Gasteiger partial charge in [-0.3, -0.25) is 4.79 Å². The monoisotopic (exact) mass is 349 g/mol. The first-order valence-electron chi connectivity index (χ1n) is 9.14. The molecule has 0 aliphatic carbocycles. The molecular formula is C20H23N5O. The summed E-state index contributed by atoms with van der Waals surface area (Å²) in [6.07, 6.45) is 2.47. The molecule has 0 saturated carbocycles. The number of aromatic nitrogens is 3. The Morgan fingerprint density at radius 3 is 2.58 bits per heavy atom. The number of nitrogens with one attached hydrogen (secondary N) is 1. The van der Waals surface area contributed by atoms with E-state index in [4.69, 9.17) is 0 Å². The van der Waals surface area contributed by atoms with Gasteiger partial charge in [-0.05, 0) is 43.6 Å². The van der Waals surface area contributed by atoms with Gasteiger partial charge in [0, 0.05) is 6.54 Å². The molecule has 1 aliphatic heterocycles. The number of rotatable bonds is 6. The van der Waals surface area contributed by atoms with Gasteiger partial charge in [0.1, 0.15) is 12.1 Å². The SMILES string of the molecule is O=C(Cn1nnc2ccccc21)NC(CN1CCCC1)c1ccccc1. The Morgan fingerprint density at radius 2 is 1.77 bits per heavy atom.